The molecule has 6 aromatic rings. The van der Waals surface area contributed by atoms with E-state index in [1.165, 1.54) is 9.03 Å². The standard InChI is InChI=1S/C3H2N10O2.2C3H6N8/c14-13(15)7-3-6-10-11-12(3)1-2-4-8-9-5-2;2*4-1-7-8-3-10(6)2(5)9-11(1)3/h1H2;2*6H2,(H4,4,5,7,9)/q-2;;/p+2. The zero-order chi connectivity index (χ0) is 26.7. The molecule has 28 heteroatoms. The number of hydrogen-bond donors (Lipinski definition) is 8. The number of aromatic nitrogens is 18. The van der Waals surface area contributed by atoms with Gasteiger partial charge in [-0.25, -0.2) is 15.2 Å². The molecule has 0 aromatic carbocycles. The van der Waals surface area contributed by atoms with Crippen molar-refractivity contribution >= 4 is 41.3 Å². The Morgan fingerprint density at radius 3 is 1.92 bits per heavy atom. The average Bonchev–Trinajstić information content (AvgIpc) is 3.69. The summed E-state index contributed by atoms with van der Waals surface area (Å²) < 4.78 is 6.14. The van der Waals surface area contributed by atoms with Crippen LogP contribution in [0.5, 0.6) is 0 Å². The first-order valence-corrected chi connectivity index (χ1v) is 9.25. The molecule has 0 bridgehead atoms. The first-order valence-electron chi connectivity index (χ1n) is 9.25. The summed E-state index contributed by atoms with van der Waals surface area (Å²) >= 11 is 0. The molecule has 0 radical (unpaired) electrons. The van der Waals surface area contributed by atoms with Gasteiger partial charge in [0, 0.05) is 12.4 Å². The lowest BCUT2D eigenvalue weighted by molar-refractivity contribution is -0.599. The Morgan fingerprint density at radius 2 is 1.46 bits per heavy atom. The third kappa shape index (κ3) is 4.70. The Balaban J connectivity index is 0.000000132. The molecule has 28 nitrogen and oxygen atoms in total. The number of nitrogen functional groups attached to an aromatic ring is 6. The highest BCUT2D eigenvalue weighted by atomic mass is 16.7. The summed E-state index contributed by atoms with van der Waals surface area (Å²) in [5, 5.41) is 52.5. The number of H-pyrrole nitrogens is 2. The highest BCUT2D eigenvalue weighted by Crippen LogP contribution is 2.11. The van der Waals surface area contributed by atoms with E-state index < -0.39 is 5.03 Å². The van der Waals surface area contributed by atoms with Crippen molar-refractivity contribution in [3.05, 3.63) is 21.4 Å². The van der Waals surface area contributed by atoms with Crippen molar-refractivity contribution in [2.45, 2.75) is 6.54 Å². The molecule has 0 saturated heterocycles. The van der Waals surface area contributed by atoms with Gasteiger partial charge in [0.15, 0.2) is 0 Å². The highest BCUT2D eigenvalue weighted by Gasteiger charge is 2.18. The quantitative estimate of drug-likeness (QED) is 0.0462. The summed E-state index contributed by atoms with van der Waals surface area (Å²) in [5.74, 6) is 12.6. The molecule has 0 spiro atoms. The first-order chi connectivity index (χ1) is 17.7. The maximum atomic E-state index is 10.1. The zero-order valence-corrected chi connectivity index (χ0v) is 18.0. The molecule has 0 aliphatic rings. The summed E-state index contributed by atoms with van der Waals surface area (Å²) in [6.07, 6.45) is 0. The van der Waals surface area contributed by atoms with Crippen LogP contribution in [-0.2, 0) is 6.54 Å². The molecule has 194 valence electrons. The third-order valence-electron chi connectivity index (χ3n) is 4.08. The molecule has 0 unspecified atom stereocenters. The summed E-state index contributed by atoms with van der Waals surface area (Å²) in [7, 11) is 0. The molecule has 6 aromatic heterocycles. The molecule has 0 atom stereocenters. The van der Waals surface area contributed by atoms with E-state index in [2.05, 4.69) is 72.2 Å². The minimum Gasteiger partial charge on any atom is -0.357 e. The number of nitro groups is 1. The van der Waals surface area contributed by atoms with E-state index in [-0.39, 0.29) is 42.1 Å². The van der Waals surface area contributed by atoms with Crippen molar-refractivity contribution in [2.24, 2.45) is 0 Å². The predicted molar refractivity (Wildman–Crippen MR) is 113 cm³/mol. The number of tetrazole rings is 2. The van der Waals surface area contributed by atoms with Crippen LogP contribution >= 0.6 is 0 Å². The van der Waals surface area contributed by atoms with Crippen LogP contribution in [0.2, 0.25) is 0 Å². The van der Waals surface area contributed by atoms with Gasteiger partial charge in [-0.2, -0.15) is 15.4 Å². The lowest BCUT2D eigenvalue weighted by Crippen LogP contribution is -2.46. The van der Waals surface area contributed by atoms with Crippen molar-refractivity contribution < 1.29 is 14.4 Å². The number of rotatable bonds is 4. The van der Waals surface area contributed by atoms with Crippen LogP contribution in [0.1, 0.15) is 5.82 Å². The Kier molecular flexibility index (Phi) is 5.92. The topological polar surface area (TPSA) is 409 Å². The molecule has 14 N–H and O–H groups in total. The smallest absolute Gasteiger partial charge is 0.357 e. The van der Waals surface area contributed by atoms with Gasteiger partial charge in [0.1, 0.15) is 11.0 Å². The summed E-state index contributed by atoms with van der Waals surface area (Å²) in [6, 6.07) is 0. The van der Waals surface area contributed by atoms with Crippen LogP contribution in [0.4, 0.5) is 29.7 Å². The predicted octanol–water partition coefficient (Wildman–Crippen LogP) is -7.49. The van der Waals surface area contributed by atoms with Crippen LogP contribution in [-0.4, -0.2) is 80.4 Å². The number of fused-ring (bicyclic) bond motifs is 2. The Morgan fingerprint density at radius 1 is 0.892 bits per heavy atom. The van der Waals surface area contributed by atoms with Crippen LogP contribution in [0, 0.1) is 10.1 Å². The lowest BCUT2D eigenvalue weighted by Gasteiger charge is -2.07. The van der Waals surface area contributed by atoms with E-state index in [4.69, 9.17) is 34.6 Å². The second kappa shape index (κ2) is 9.31. The molecule has 6 heterocycles. The number of nitrogens with two attached hydrogens (primary N) is 6. The second-order valence-corrected chi connectivity index (χ2v) is 6.39. The largest absolute Gasteiger partial charge is 0.401 e. The zero-order valence-electron chi connectivity index (χ0n) is 18.0. The number of nitrogens with zero attached hydrogens (tertiary/aromatic N) is 18. The van der Waals surface area contributed by atoms with Crippen LogP contribution in [0.3, 0.4) is 0 Å². The number of nitrogens with one attached hydrogen (secondary N) is 2. The summed E-state index contributed by atoms with van der Waals surface area (Å²) in [4.78, 5) is 10.1. The molecule has 37 heavy (non-hydrogen) atoms. The lowest BCUT2D eigenvalue weighted by atomic mass is 10.6. The number of hydrogen-bond acceptors (Lipinski definition) is 18. The van der Waals surface area contributed by atoms with Crippen LogP contribution in [0.25, 0.3) is 17.0 Å². The maximum absolute atomic E-state index is 10.1. The normalized spacial score (nSPS) is 10.6. The van der Waals surface area contributed by atoms with E-state index in [1.807, 2.05) is 0 Å². The Labute approximate surface area is 199 Å². The van der Waals surface area contributed by atoms with Gasteiger partial charge in [0.2, 0.25) is 0 Å². The van der Waals surface area contributed by atoms with Gasteiger partial charge in [-0.3, -0.25) is 15.0 Å². The van der Waals surface area contributed by atoms with Gasteiger partial charge in [-0.15, -0.1) is 19.8 Å². The molecule has 0 fully saturated rings. The molecular formula is C9H16N26O2. The van der Waals surface area contributed by atoms with Gasteiger partial charge < -0.3 is 39.7 Å². The van der Waals surface area contributed by atoms with Crippen molar-refractivity contribution in [1.82, 2.24) is 80.5 Å². The first kappa shape index (κ1) is 23.5. The maximum Gasteiger partial charge on any atom is 0.401 e. The van der Waals surface area contributed by atoms with Crippen molar-refractivity contribution in [3.63, 3.8) is 0 Å². The van der Waals surface area contributed by atoms with E-state index in [0.717, 1.165) is 14.0 Å². The van der Waals surface area contributed by atoms with Crippen molar-refractivity contribution in [1.29, 1.82) is 0 Å². The number of aromatic amines is 2. The van der Waals surface area contributed by atoms with Crippen LogP contribution < -0.4 is 49.1 Å². The fourth-order valence-corrected chi connectivity index (χ4v) is 2.46. The van der Waals surface area contributed by atoms with E-state index in [1.54, 1.807) is 0 Å². The summed E-state index contributed by atoms with van der Waals surface area (Å²) in [6.45, 7) is 0.0205. The molecule has 0 saturated carbocycles. The number of anilines is 4. The van der Waals surface area contributed by atoms with Gasteiger partial charge in [0.05, 0.1) is 0 Å². The molecule has 0 aliphatic heterocycles. The Hall–Kier alpha value is -6.64. The minimum absolute atomic E-state index is 0.0205. The van der Waals surface area contributed by atoms with E-state index in [0.29, 0.717) is 11.6 Å². The van der Waals surface area contributed by atoms with Gasteiger partial charge in [-0.05, 0) is 10.2 Å². The minimum atomic E-state index is -0.898. The average molecular weight is 520 g/mol. The molecular weight excluding hydrogens is 504 g/mol. The van der Waals surface area contributed by atoms with Gasteiger partial charge in [0.25, 0.3) is 11.9 Å². The van der Waals surface area contributed by atoms with E-state index >= 15 is 0 Å². The van der Waals surface area contributed by atoms with Gasteiger partial charge in [-0.1, -0.05) is 24.7 Å². The molecule has 0 amide bonds. The fourth-order valence-electron chi connectivity index (χ4n) is 2.46. The fraction of sp³-hybridized carbons (Fsp3) is 0.111. The Bertz CT molecular complexity index is 1540. The SMILES string of the molecule is Nc1nnc2n1[nH]c(N)[n+]2N.Nc1nnc2n1[nH]c(N)[n+]2N.O=[N+]([O-])[N-]c1nnnn1Cc1nnn[n-]1. The van der Waals surface area contributed by atoms with E-state index in [9.17, 15) is 10.1 Å². The third-order valence-corrected chi connectivity index (χ3v) is 4.08. The van der Waals surface area contributed by atoms with Gasteiger partial charge >= 0.3 is 23.5 Å². The van der Waals surface area contributed by atoms with Crippen molar-refractivity contribution in [2.75, 3.05) is 34.6 Å². The molecule has 6 rings (SSSR count). The highest BCUT2D eigenvalue weighted by molar-refractivity contribution is 5.32. The van der Waals surface area contributed by atoms with Crippen molar-refractivity contribution in [3.8, 4) is 0 Å². The second-order valence-electron chi connectivity index (χ2n) is 6.39. The summed E-state index contributed by atoms with van der Waals surface area (Å²) in [5.41, 5.74) is 24.5. The van der Waals surface area contributed by atoms with Crippen LogP contribution in [0.15, 0.2) is 0 Å². The monoisotopic (exact) mass is 520 g/mol. The molecule has 0 aliphatic carbocycles.